The first-order chi connectivity index (χ1) is 8.56. The van der Waals surface area contributed by atoms with Gasteiger partial charge in [0.2, 0.25) is 0 Å². The molecule has 0 saturated carbocycles. The van der Waals surface area contributed by atoms with E-state index in [0.29, 0.717) is 17.1 Å². The number of carbonyl (C=O) groups excluding carboxylic acids is 1. The minimum atomic E-state index is -0.566. The van der Waals surface area contributed by atoms with Gasteiger partial charge < -0.3 is 16.2 Å². The summed E-state index contributed by atoms with van der Waals surface area (Å²) < 4.78 is 7.04. The molecule has 0 unspecified atom stereocenters. The van der Waals surface area contributed by atoms with E-state index in [1.807, 2.05) is 0 Å². The molecule has 2 rings (SSSR count). The van der Waals surface area contributed by atoms with Crippen LogP contribution in [0.2, 0.25) is 0 Å². The largest absolute Gasteiger partial charge is 0.486 e. The molecule has 0 bridgehead atoms. The van der Waals surface area contributed by atoms with Gasteiger partial charge in [-0.3, -0.25) is 9.48 Å². The molecular formula is C11H13N5O2. The van der Waals surface area contributed by atoms with Crippen LogP contribution < -0.4 is 16.2 Å². The number of carbonyl (C=O) groups is 1. The minimum absolute atomic E-state index is 0.192. The molecule has 7 nitrogen and oxygen atoms in total. The monoisotopic (exact) mass is 247 g/mol. The van der Waals surface area contributed by atoms with Crippen LogP contribution in [-0.2, 0) is 13.7 Å². The van der Waals surface area contributed by atoms with Crippen LogP contribution >= 0.6 is 0 Å². The van der Waals surface area contributed by atoms with E-state index in [-0.39, 0.29) is 12.2 Å². The maximum absolute atomic E-state index is 11.2. The van der Waals surface area contributed by atoms with Crippen LogP contribution in [0.5, 0.6) is 5.75 Å². The molecule has 0 saturated heterocycles. The molecule has 0 aliphatic heterocycles. The molecule has 94 valence electrons. The average Bonchev–Trinajstić information content (AvgIpc) is 2.72. The lowest BCUT2D eigenvalue weighted by molar-refractivity contribution is 0.0996. The summed E-state index contributed by atoms with van der Waals surface area (Å²) in [5, 5.41) is 7.64. The SMILES string of the molecule is Cn1cc(COc2cc(N)ccc2C(N)=O)nn1. The number of aryl methyl sites for hydroxylation is 1. The third-order valence-corrected chi connectivity index (χ3v) is 2.30. The predicted octanol–water partition coefficient (Wildman–Crippen LogP) is 0.0752. The Labute approximate surface area is 103 Å². The van der Waals surface area contributed by atoms with Crippen molar-refractivity contribution in [3.63, 3.8) is 0 Å². The van der Waals surface area contributed by atoms with Crippen LogP contribution in [0.1, 0.15) is 16.1 Å². The fourth-order valence-electron chi connectivity index (χ4n) is 1.48. The van der Waals surface area contributed by atoms with Gasteiger partial charge in [-0.05, 0) is 12.1 Å². The number of hydrogen-bond donors (Lipinski definition) is 2. The zero-order valence-electron chi connectivity index (χ0n) is 9.83. The van der Waals surface area contributed by atoms with E-state index in [1.165, 1.54) is 6.07 Å². The Kier molecular flexibility index (Phi) is 3.13. The number of anilines is 1. The number of hydrogen-bond acceptors (Lipinski definition) is 5. The van der Waals surface area contributed by atoms with E-state index in [4.69, 9.17) is 16.2 Å². The standard InChI is InChI=1S/C11H13N5O2/c1-16-5-8(14-15-16)6-18-10-4-7(12)2-3-9(10)11(13)17/h2-5H,6,12H2,1H3,(H2,13,17). The third kappa shape index (κ3) is 2.57. The highest BCUT2D eigenvalue weighted by atomic mass is 16.5. The molecule has 4 N–H and O–H groups in total. The molecule has 1 aromatic carbocycles. The Hall–Kier alpha value is -2.57. The molecule has 7 heteroatoms. The van der Waals surface area contributed by atoms with Crippen LogP contribution in [-0.4, -0.2) is 20.9 Å². The van der Waals surface area contributed by atoms with Gasteiger partial charge in [0.05, 0.1) is 11.8 Å². The average molecular weight is 247 g/mol. The van der Waals surface area contributed by atoms with Crippen molar-refractivity contribution in [1.29, 1.82) is 0 Å². The number of nitrogen functional groups attached to an aromatic ring is 1. The van der Waals surface area contributed by atoms with Crippen molar-refractivity contribution in [2.24, 2.45) is 12.8 Å². The van der Waals surface area contributed by atoms with Crippen molar-refractivity contribution in [3.05, 3.63) is 35.7 Å². The van der Waals surface area contributed by atoms with Crippen LogP contribution in [0.3, 0.4) is 0 Å². The van der Waals surface area contributed by atoms with Crippen molar-refractivity contribution in [1.82, 2.24) is 15.0 Å². The summed E-state index contributed by atoms with van der Waals surface area (Å²) in [7, 11) is 1.76. The van der Waals surface area contributed by atoms with Crippen molar-refractivity contribution >= 4 is 11.6 Å². The number of nitrogens with zero attached hydrogens (tertiary/aromatic N) is 3. The molecule has 0 fully saturated rings. The summed E-state index contributed by atoms with van der Waals surface area (Å²) in [5.74, 6) is -0.225. The highest BCUT2D eigenvalue weighted by Crippen LogP contribution is 2.22. The number of ether oxygens (including phenoxy) is 1. The normalized spacial score (nSPS) is 10.3. The smallest absolute Gasteiger partial charge is 0.252 e. The van der Waals surface area contributed by atoms with Gasteiger partial charge in [0, 0.05) is 18.8 Å². The van der Waals surface area contributed by atoms with E-state index in [1.54, 1.807) is 30.1 Å². The highest BCUT2D eigenvalue weighted by Gasteiger charge is 2.10. The number of aromatic nitrogens is 3. The molecule has 0 radical (unpaired) electrons. The van der Waals surface area contributed by atoms with Gasteiger partial charge in [-0.15, -0.1) is 5.10 Å². The first kappa shape index (κ1) is 11.9. The Balaban J connectivity index is 2.17. The molecule has 0 spiro atoms. The summed E-state index contributed by atoms with van der Waals surface area (Å²) >= 11 is 0. The van der Waals surface area contributed by atoms with Gasteiger partial charge in [-0.1, -0.05) is 5.21 Å². The fraction of sp³-hybridized carbons (Fsp3) is 0.182. The number of primary amides is 1. The molecular weight excluding hydrogens is 234 g/mol. The van der Waals surface area contributed by atoms with Crippen molar-refractivity contribution < 1.29 is 9.53 Å². The molecule has 0 aliphatic rings. The lowest BCUT2D eigenvalue weighted by atomic mass is 10.1. The maximum Gasteiger partial charge on any atom is 0.252 e. The first-order valence-electron chi connectivity index (χ1n) is 5.23. The van der Waals surface area contributed by atoms with E-state index >= 15 is 0 Å². The third-order valence-electron chi connectivity index (χ3n) is 2.30. The van der Waals surface area contributed by atoms with E-state index in [0.717, 1.165) is 0 Å². The highest BCUT2D eigenvalue weighted by molar-refractivity contribution is 5.96. The summed E-state index contributed by atoms with van der Waals surface area (Å²) in [6.07, 6.45) is 1.72. The zero-order chi connectivity index (χ0) is 13.1. The quantitative estimate of drug-likeness (QED) is 0.743. The number of nitrogens with two attached hydrogens (primary N) is 2. The van der Waals surface area contributed by atoms with Gasteiger partial charge >= 0.3 is 0 Å². The van der Waals surface area contributed by atoms with Crippen molar-refractivity contribution in [3.8, 4) is 5.75 Å². The molecule has 1 heterocycles. The summed E-state index contributed by atoms with van der Waals surface area (Å²) in [6.45, 7) is 0.192. The Morgan fingerprint density at radius 1 is 1.50 bits per heavy atom. The second-order valence-corrected chi connectivity index (χ2v) is 3.79. The lowest BCUT2D eigenvalue weighted by Gasteiger charge is -2.08. The fourth-order valence-corrected chi connectivity index (χ4v) is 1.48. The van der Waals surface area contributed by atoms with Crippen molar-refractivity contribution in [2.75, 3.05) is 5.73 Å². The van der Waals surface area contributed by atoms with Gasteiger partial charge in [-0.25, -0.2) is 0 Å². The Morgan fingerprint density at radius 2 is 2.28 bits per heavy atom. The topological polar surface area (TPSA) is 109 Å². The lowest BCUT2D eigenvalue weighted by Crippen LogP contribution is -2.13. The molecule has 1 aromatic heterocycles. The molecule has 2 aromatic rings. The molecule has 18 heavy (non-hydrogen) atoms. The van der Waals surface area contributed by atoms with Crippen LogP contribution in [0.15, 0.2) is 24.4 Å². The van der Waals surface area contributed by atoms with Crippen LogP contribution in [0.25, 0.3) is 0 Å². The van der Waals surface area contributed by atoms with Gasteiger partial charge in [0.15, 0.2) is 0 Å². The Morgan fingerprint density at radius 3 is 2.89 bits per heavy atom. The summed E-state index contributed by atoms with van der Waals surface area (Å²) in [4.78, 5) is 11.2. The number of amides is 1. The van der Waals surface area contributed by atoms with Crippen molar-refractivity contribution in [2.45, 2.75) is 6.61 Å². The van der Waals surface area contributed by atoms with E-state index < -0.39 is 5.91 Å². The second kappa shape index (κ2) is 4.74. The second-order valence-electron chi connectivity index (χ2n) is 3.79. The van der Waals surface area contributed by atoms with Gasteiger partial charge in [0.1, 0.15) is 18.1 Å². The number of benzene rings is 1. The van der Waals surface area contributed by atoms with Gasteiger partial charge in [0.25, 0.3) is 5.91 Å². The summed E-state index contributed by atoms with van der Waals surface area (Å²) in [5.41, 5.74) is 12.3. The molecule has 0 atom stereocenters. The Bertz CT molecular complexity index is 579. The molecule has 1 amide bonds. The summed E-state index contributed by atoms with van der Waals surface area (Å²) in [6, 6.07) is 4.68. The van der Waals surface area contributed by atoms with Gasteiger partial charge in [-0.2, -0.15) is 0 Å². The molecule has 0 aliphatic carbocycles. The maximum atomic E-state index is 11.2. The van der Waals surface area contributed by atoms with E-state index in [9.17, 15) is 4.79 Å². The predicted molar refractivity (Wildman–Crippen MR) is 64.7 cm³/mol. The first-order valence-corrected chi connectivity index (χ1v) is 5.23. The van der Waals surface area contributed by atoms with Crippen LogP contribution in [0.4, 0.5) is 5.69 Å². The minimum Gasteiger partial charge on any atom is -0.486 e. The van der Waals surface area contributed by atoms with E-state index in [2.05, 4.69) is 10.3 Å². The number of rotatable bonds is 4. The van der Waals surface area contributed by atoms with Crippen LogP contribution in [0, 0.1) is 0 Å². The zero-order valence-corrected chi connectivity index (χ0v) is 9.83.